The Morgan fingerprint density at radius 3 is 2.65 bits per heavy atom. The van der Waals surface area contributed by atoms with Gasteiger partial charge in [0, 0.05) is 10.0 Å². The fourth-order valence-corrected chi connectivity index (χ4v) is 1.71. The molecular weight excluding hydrogens is 292 g/mol. The molecule has 0 radical (unpaired) electrons. The molecule has 1 aromatic heterocycles. The second kappa shape index (κ2) is 5.23. The Hall–Kier alpha value is -1.49. The van der Waals surface area contributed by atoms with Crippen molar-refractivity contribution in [3.63, 3.8) is 0 Å². The Kier molecular flexibility index (Phi) is 3.68. The number of hydrogen-bond donors (Lipinski definition) is 0. The summed E-state index contributed by atoms with van der Waals surface area (Å²) in [6.07, 6.45) is 1.30. The maximum absolute atomic E-state index is 12.8. The van der Waals surface area contributed by atoms with Crippen molar-refractivity contribution in [2.24, 2.45) is 0 Å². The van der Waals surface area contributed by atoms with E-state index in [0.717, 1.165) is 5.56 Å². The zero-order valence-electron chi connectivity index (χ0n) is 8.66. The molecule has 0 fully saturated rings. The number of rotatable bonds is 3. The Labute approximate surface area is 105 Å². The number of benzene rings is 1. The second-order valence-corrected chi connectivity index (χ2v) is 4.20. The largest absolute Gasteiger partial charge is 0.487 e. The van der Waals surface area contributed by atoms with Gasteiger partial charge in [-0.2, -0.15) is 4.39 Å². The van der Waals surface area contributed by atoms with Gasteiger partial charge in [0.25, 0.3) is 0 Å². The van der Waals surface area contributed by atoms with Gasteiger partial charge < -0.3 is 4.74 Å². The first kappa shape index (κ1) is 12.0. The molecule has 0 bridgehead atoms. The van der Waals surface area contributed by atoms with Gasteiger partial charge in [0.1, 0.15) is 18.2 Å². The van der Waals surface area contributed by atoms with E-state index in [9.17, 15) is 8.78 Å². The fourth-order valence-electron chi connectivity index (χ4n) is 1.25. The molecule has 0 spiro atoms. The molecule has 1 aromatic carbocycles. The highest BCUT2D eigenvalue weighted by molar-refractivity contribution is 9.10. The zero-order chi connectivity index (χ0) is 12.3. The van der Waals surface area contributed by atoms with E-state index in [2.05, 4.69) is 20.9 Å². The predicted octanol–water partition coefficient (Wildman–Crippen LogP) is 3.70. The summed E-state index contributed by atoms with van der Waals surface area (Å²) in [7, 11) is 0. The molecule has 1 heterocycles. The molecule has 5 heteroatoms. The van der Waals surface area contributed by atoms with Crippen LogP contribution in [0.1, 0.15) is 5.56 Å². The summed E-state index contributed by atoms with van der Waals surface area (Å²) in [6, 6.07) is 7.04. The van der Waals surface area contributed by atoms with Gasteiger partial charge in [0.2, 0.25) is 5.95 Å². The van der Waals surface area contributed by atoms with Crippen molar-refractivity contribution in [3.8, 4) is 5.75 Å². The first-order valence-corrected chi connectivity index (χ1v) is 5.63. The lowest BCUT2D eigenvalue weighted by molar-refractivity contribution is 0.303. The minimum atomic E-state index is -0.555. The van der Waals surface area contributed by atoms with Crippen molar-refractivity contribution in [3.05, 3.63) is 58.3 Å². The average Bonchev–Trinajstić information content (AvgIpc) is 2.30. The van der Waals surface area contributed by atoms with Crippen LogP contribution in [0.5, 0.6) is 5.75 Å². The highest BCUT2D eigenvalue weighted by Gasteiger charge is 2.03. The molecule has 0 saturated heterocycles. The van der Waals surface area contributed by atoms with Gasteiger partial charge in [0.15, 0.2) is 0 Å². The van der Waals surface area contributed by atoms with Crippen molar-refractivity contribution in [1.82, 2.24) is 4.98 Å². The van der Waals surface area contributed by atoms with E-state index >= 15 is 0 Å². The number of aromatic nitrogens is 1. The third-order valence-corrected chi connectivity index (χ3v) is 2.85. The van der Waals surface area contributed by atoms with Gasteiger partial charge in [-0.05, 0) is 24.3 Å². The van der Waals surface area contributed by atoms with E-state index in [4.69, 9.17) is 4.74 Å². The Morgan fingerprint density at radius 1 is 1.18 bits per heavy atom. The highest BCUT2D eigenvalue weighted by atomic mass is 79.9. The van der Waals surface area contributed by atoms with Crippen LogP contribution in [0.4, 0.5) is 8.78 Å². The number of ether oxygens (including phenoxy) is 1. The van der Waals surface area contributed by atoms with Crippen molar-refractivity contribution in [1.29, 1.82) is 0 Å². The smallest absolute Gasteiger partial charge is 0.213 e. The van der Waals surface area contributed by atoms with Gasteiger partial charge >= 0.3 is 0 Å². The second-order valence-electron chi connectivity index (χ2n) is 3.34. The van der Waals surface area contributed by atoms with Crippen molar-refractivity contribution >= 4 is 15.9 Å². The van der Waals surface area contributed by atoms with Crippen molar-refractivity contribution < 1.29 is 13.5 Å². The molecule has 0 unspecified atom stereocenters. The summed E-state index contributed by atoms with van der Waals surface area (Å²) in [6.45, 7) is 0.258. The van der Waals surface area contributed by atoms with Crippen LogP contribution in [-0.2, 0) is 6.61 Å². The zero-order valence-corrected chi connectivity index (χ0v) is 10.2. The molecule has 0 aliphatic heterocycles. The van der Waals surface area contributed by atoms with E-state index < -0.39 is 5.95 Å². The van der Waals surface area contributed by atoms with Gasteiger partial charge in [0.05, 0.1) is 6.20 Å². The van der Waals surface area contributed by atoms with Crippen LogP contribution in [-0.4, -0.2) is 4.98 Å². The van der Waals surface area contributed by atoms with Crippen LogP contribution >= 0.6 is 15.9 Å². The van der Waals surface area contributed by atoms with Crippen molar-refractivity contribution in [2.75, 3.05) is 0 Å². The van der Waals surface area contributed by atoms with Crippen LogP contribution in [0.25, 0.3) is 0 Å². The number of hydrogen-bond acceptors (Lipinski definition) is 2. The first-order chi connectivity index (χ1) is 8.15. The monoisotopic (exact) mass is 299 g/mol. The van der Waals surface area contributed by atoms with Gasteiger partial charge in [-0.25, -0.2) is 9.37 Å². The quantitative estimate of drug-likeness (QED) is 0.806. The van der Waals surface area contributed by atoms with Gasteiger partial charge in [-0.1, -0.05) is 22.0 Å². The molecule has 17 heavy (non-hydrogen) atoms. The summed E-state index contributed by atoms with van der Waals surface area (Å²) in [4.78, 5) is 3.46. The van der Waals surface area contributed by atoms with Crippen LogP contribution in [0.2, 0.25) is 0 Å². The van der Waals surface area contributed by atoms with Crippen LogP contribution in [0, 0.1) is 11.8 Å². The normalized spacial score (nSPS) is 10.3. The number of nitrogens with zero attached hydrogens (tertiary/aromatic N) is 1. The molecular formula is C12H8BrF2NO. The molecule has 0 saturated carbocycles. The van der Waals surface area contributed by atoms with E-state index in [1.807, 2.05) is 0 Å². The number of halogens is 3. The lowest BCUT2D eigenvalue weighted by atomic mass is 10.2. The predicted molar refractivity (Wildman–Crippen MR) is 62.6 cm³/mol. The molecule has 0 aliphatic rings. The summed E-state index contributed by atoms with van der Waals surface area (Å²) in [5, 5.41) is 0. The Bertz CT molecular complexity index is 516. The molecule has 2 rings (SSSR count). The molecule has 0 amide bonds. The van der Waals surface area contributed by atoms with Gasteiger partial charge in [-0.15, -0.1) is 0 Å². The molecule has 0 atom stereocenters. The lowest BCUT2D eigenvalue weighted by Crippen LogP contribution is -1.97. The maximum Gasteiger partial charge on any atom is 0.213 e. The molecule has 2 nitrogen and oxygen atoms in total. The van der Waals surface area contributed by atoms with Crippen LogP contribution < -0.4 is 4.74 Å². The minimum Gasteiger partial charge on any atom is -0.487 e. The van der Waals surface area contributed by atoms with E-state index in [0.29, 0.717) is 10.2 Å². The van der Waals surface area contributed by atoms with Gasteiger partial charge in [-0.3, -0.25) is 0 Å². The minimum absolute atomic E-state index is 0.258. The molecule has 2 aromatic rings. The fraction of sp³-hybridized carbons (Fsp3) is 0.0833. The van der Waals surface area contributed by atoms with Crippen molar-refractivity contribution in [2.45, 2.75) is 6.61 Å². The summed E-state index contributed by atoms with van der Waals surface area (Å²) in [5.74, 6) is -0.410. The van der Waals surface area contributed by atoms with Crippen LogP contribution in [0.3, 0.4) is 0 Å². The summed E-state index contributed by atoms with van der Waals surface area (Å²) in [5.41, 5.74) is 0.802. The summed E-state index contributed by atoms with van der Waals surface area (Å²) >= 11 is 3.24. The molecule has 88 valence electrons. The third kappa shape index (κ3) is 3.23. The van der Waals surface area contributed by atoms with E-state index in [-0.39, 0.29) is 12.4 Å². The lowest BCUT2D eigenvalue weighted by Gasteiger charge is -2.07. The summed E-state index contributed by atoms with van der Waals surface area (Å²) < 4.78 is 31.4. The highest BCUT2D eigenvalue weighted by Crippen LogP contribution is 2.20. The Morgan fingerprint density at radius 2 is 2.00 bits per heavy atom. The Balaban J connectivity index is 2.04. The van der Waals surface area contributed by atoms with Crippen LogP contribution in [0.15, 0.2) is 41.0 Å². The first-order valence-electron chi connectivity index (χ1n) is 4.83. The third-order valence-electron chi connectivity index (χ3n) is 2.11. The standard InChI is InChI=1S/C12H8BrF2NO/c13-11-5-9(14)2-1-8(11)7-17-10-3-4-12(15)16-6-10/h1-6H,7H2. The SMILES string of the molecule is Fc1ccc(COc2ccc(F)nc2)c(Br)c1. The maximum atomic E-state index is 12.8. The van der Waals surface area contributed by atoms with E-state index in [1.54, 1.807) is 6.07 Å². The topological polar surface area (TPSA) is 22.1 Å². The average molecular weight is 300 g/mol. The number of pyridine rings is 1. The molecule has 0 aliphatic carbocycles. The molecule has 0 N–H and O–H groups in total. The van der Waals surface area contributed by atoms with E-state index in [1.165, 1.54) is 30.5 Å².